The summed E-state index contributed by atoms with van der Waals surface area (Å²) in [7, 11) is 1.53. The van der Waals surface area contributed by atoms with Crippen LogP contribution in [0.5, 0.6) is 11.5 Å². The van der Waals surface area contributed by atoms with Gasteiger partial charge in [0.25, 0.3) is 5.89 Å². The van der Waals surface area contributed by atoms with Crippen LogP contribution < -0.4 is 4.74 Å². The van der Waals surface area contributed by atoms with Crippen LogP contribution in [-0.4, -0.2) is 37.8 Å². The first-order chi connectivity index (χ1) is 9.28. The Balaban J connectivity index is 2.03. The second-order valence-corrected chi connectivity index (χ2v) is 3.66. The molecule has 0 amide bonds. The number of hydrogen-bond donors (Lipinski definition) is 2. The highest BCUT2D eigenvalue weighted by molar-refractivity contribution is 5.65. The molecule has 0 spiro atoms. The molecule has 0 saturated heterocycles. The summed E-state index contributed by atoms with van der Waals surface area (Å²) in [6, 6.07) is 4.73. The summed E-state index contributed by atoms with van der Waals surface area (Å²) in [6.07, 6.45) is 1.47. The molecule has 2 heterocycles. The van der Waals surface area contributed by atoms with Crippen LogP contribution >= 0.6 is 0 Å². The quantitative estimate of drug-likeness (QED) is 0.727. The van der Waals surface area contributed by atoms with E-state index in [4.69, 9.17) is 9.26 Å². The molecule has 3 aromatic rings. The molecule has 0 fully saturated rings. The fourth-order valence-corrected chi connectivity index (χ4v) is 1.56. The third-order valence-corrected chi connectivity index (χ3v) is 2.50. The Kier molecular flexibility index (Phi) is 2.60. The van der Waals surface area contributed by atoms with Crippen molar-refractivity contribution in [2.75, 3.05) is 7.11 Å². The molecule has 0 radical (unpaired) electrons. The summed E-state index contributed by atoms with van der Waals surface area (Å²) in [5.41, 5.74) is 0.846. The highest BCUT2D eigenvalue weighted by atomic mass is 16.5. The van der Waals surface area contributed by atoms with Crippen LogP contribution in [-0.2, 0) is 0 Å². The van der Waals surface area contributed by atoms with Gasteiger partial charge in [0.2, 0.25) is 5.82 Å². The number of rotatable bonds is 3. The van der Waals surface area contributed by atoms with Gasteiger partial charge in [-0.05, 0) is 18.2 Å². The number of aromatic amines is 1. The van der Waals surface area contributed by atoms with Gasteiger partial charge in [0, 0.05) is 0 Å². The number of aromatic nitrogens is 5. The molecule has 8 heteroatoms. The van der Waals surface area contributed by atoms with E-state index in [0.717, 1.165) is 0 Å². The molecule has 0 aliphatic carbocycles. The molecule has 0 aliphatic rings. The molecule has 3 rings (SSSR count). The van der Waals surface area contributed by atoms with Crippen molar-refractivity contribution in [3.05, 3.63) is 24.4 Å². The molecule has 2 N–H and O–H groups in total. The van der Waals surface area contributed by atoms with Crippen molar-refractivity contribution in [3.8, 4) is 34.5 Å². The van der Waals surface area contributed by atoms with Crippen LogP contribution in [0.3, 0.4) is 0 Å². The Bertz CT molecular complexity index is 692. The van der Waals surface area contributed by atoms with Gasteiger partial charge in [-0.25, -0.2) is 0 Å². The molecule has 0 saturated carbocycles. The van der Waals surface area contributed by atoms with E-state index in [-0.39, 0.29) is 17.5 Å². The minimum Gasteiger partial charge on any atom is -0.507 e. The van der Waals surface area contributed by atoms with Crippen LogP contribution in [0.25, 0.3) is 23.0 Å². The average molecular weight is 259 g/mol. The second-order valence-electron chi connectivity index (χ2n) is 3.66. The number of nitrogens with zero attached hydrogens (tertiary/aromatic N) is 4. The highest BCUT2D eigenvalue weighted by Crippen LogP contribution is 2.32. The molecule has 2 aromatic heterocycles. The number of aromatic hydroxyl groups is 1. The SMILES string of the molecule is COc1ccc(O)c(-c2nc(-c3cn[nH]n3)no2)c1. The van der Waals surface area contributed by atoms with Gasteiger partial charge >= 0.3 is 0 Å². The molecule has 0 bridgehead atoms. The topological polar surface area (TPSA) is 110 Å². The summed E-state index contributed by atoms with van der Waals surface area (Å²) in [5.74, 6) is 1.06. The predicted molar refractivity (Wildman–Crippen MR) is 63.3 cm³/mol. The van der Waals surface area contributed by atoms with Crippen LogP contribution in [0.2, 0.25) is 0 Å². The number of phenols is 1. The lowest BCUT2D eigenvalue weighted by molar-refractivity contribution is 0.408. The van der Waals surface area contributed by atoms with Crippen molar-refractivity contribution >= 4 is 0 Å². The number of benzene rings is 1. The van der Waals surface area contributed by atoms with Crippen molar-refractivity contribution in [1.82, 2.24) is 25.6 Å². The van der Waals surface area contributed by atoms with Gasteiger partial charge in [0.15, 0.2) is 5.69 Å². The van der Waals surface area contributed by atoms with E-state index in [9.17, 15) is 5.11 Å². The number of methoxy groups -OCH3 is 1. The Labute approximate surface area is 107 Å². The first-order valence-electron chi connectivity index (χ1n) is 5.35. The average Bonchev–Trinajstić information content (AvgIpc) is 3.10. The number of H-pyrrole nitrogens is 1. The van der Waals surface area contributed by atoms with Gasteiger partial charge in [0.05, 0.1) is 18.9 Å². The molecular weight excluding hydrogens is 250 g/mol. The van der Waals surface area contributed by atoms with E-state index < -0.39 is 0 Å². The second kappa shape index (κ2) is 4.41. The number of phenolic OH excluding ortho intramolecular Hbond substituents is 1. The van der Waals surface area contributed by atoms with E-state index in [2.05, 4.69) is 25.6 Å². The number of hydrogen-bond acceptors (Lipinski definition) is 7. The van der Waals surface area contributed by atoms with E-state index in [1.165, 1.54) is 19.4 Å². The molecule has 19 heavy (non-hydrogen) atoms. The molecule has 8 nitrogen and oxygen atoms in total. The third-order valence-electron chi connectivity index (χ3n) is 2.50. The zero-order valence-electron chi connectivity index (χ0n) is 9.86. The Morgan fingerprint density at radius 1 is 1.37 bits per heavy atom. The van der Waals surface area contributed by atoms with Gasteiger partial charge in [-0.3, -0.25) is 0 Å². The zero-order chi connectivity index (χ0) is 13.2. The molecule has 96 valence electrons. The van der Waals surface area contributed by atoms with E-state index in [0.29, 0.717) is 17.0 Å². The number of nitrogens with one attached hydrogen (secondary N) is 1. The standard InChI is InChI=1S/C11H9N5O3/c1-18-6-2-3-9(17)7(4-6)11-13-10(15-19-11)8-5-12-16-14-8/h2-5,17H,1H3,(H,12,14,16). The summed E-state index contributed by atoms with van der Waals surface area (Å²) >= 11 is 0. The van der Waals surface area contributed by atoms with Crippen LogP contribution in [0.1, 0.15) is 0 Å². The fraction of sp³-hybridized carbons (Fsp3) is 0.0909. The lowest BCUT2D eigenvalue weighted by Gasteiger charge is -2.02. The molecule has 0 atom stereocenters. The normalized spacial score (nSPS) is 10.6. The van der Waals surface area contributed by atoms with Crippen molar-refractivity contribution in [3.63, 3.8) is 0 Å². The van der Waals surface area contributed by atoms with Crippen molar-refractivity contribution in [2.45, 2.75) is 0 Å². The van der Waals surface area contributed by atoms with Crippen LogP contribution in [0, 0.1) is 0 Å². The summed E-state index contributed by atoms with van der Waals surface area (Å²) < 4.78 is 10.2. The van der Waals surface area contributed by atoms with Crippen LogP contribution in [0.15, 0.2) is 28.9 Å². The third kappa shape index (κ3) is 1.99. The first-order valence-corrected chi connectivity index (χ1v) is 5.35. The minimum atomic E-state index is 0.0242. The maximum atomic E-state index is 9.81. The summed E-state index contributed by atoms with van der Waals surface area (Å²) in [5, 5.41) is 23.5. The Morgan fingerprint density at radius 3 is 3.00 bits per heavy atom. The largest absolute Gasteiger partial charge is 0.507 e. The molecule has 0 unspecified atom stereocenters. The first kappa shape index (κ1) is 11.2. The highest BCUT2D eigenvalue weighted by Gasteiger charge is 2.16. The maximum Gasteiger partial charge on any atom is 0.262 e. The van der Waals surface area contributed by atoms with Crippen LogP contribution in [0.4, 0.5) is 0 Å². The molecular formula is C11H9N5O3. The van der Waals surface area contributed by atoms with Crippen molar-refractivity contribution in [1.29, 1.82) is 0 Å². The monoisotopic (exact) mass is 259 g/mol. The van der Waals surface area contributed by atoms with E-state index >= 15 is 0 Å². The lowest BCUT2D eigenvalue weighted by Crippen LogP contribution is -1.85. The molecule has 1 aromatic carbocycles. The van der Waals surface area contributed by atoms with E-state index in [1.807, 2.05) is 0 Å². The number of ether oxygens (including phenoxy) is 1. The minimum absolute atomic E-state index is 0.0242. The van der Waals surface area contributed by atoms with Gasteiger partial charge in [-0.1, -0.05) is 5.16 Å². The van der Waals surface area contributed by atoms with E-state index in [1.54, 1.807) is 12.1 Å². The maximum absolute atomic E-state index is 9.81. The van der Waals surface area contributed by atoms with Crippen molar-refractivity contribution in [2.24, 2.45) is 0 Å². The molecule has 0 aliphatic heterocycles. The Morgan fingerprint density at radius 2 is 2.26 bits per heavy atom. The smallest absolute Gasteiger partial charge is 0.262 e. The summed E-state index contributed by atoms with van der Waals surface area (Å²) in [4.78, 5) is 4.14. The summed E-state index contributed by atoms with van der Waals surface area (Å²) in [6.45, 7) is 0. The van der Waals surface area contributed by atoms with Gasteiger partial charge in [-0.15, -0.1) is 0 Å². The predicted octanol–water partition coefficient (Wildman–Crippen LogP) is 1.24. The Hall–Kier alpha value is -2.90. The lowest BCUT2D eigenvalue weighted by atomic mass is 10.2. The van der Waals surface area contributed by atoms with Gasteiger partial charge < -0.3 is 14.4 Å². The zero-order valence-corrected chi connectivity index (χ0v) is 9.86. The fourth-order valence-electron chi connectivity index (χ4n) is 1.56. The van der Waals surface area contributed by atoms with Gasteiger partial charge in [-0.2, -0.15) is 20.4 Å². The van der Waals surface area contributed by atoms with Gasteiger partial charge in [0.1, 0.15) is 11.5 Å². The van der Waals surface area contributed by atoms with Crippen molar-refractivity contribution < 1.29 is 14.4 Å².